The van der Waals surface area contributed by atoms with Crippen molar-refractivity contribution < 1.29 is 9.53 Å². The third kappa shape index (κ3) is 6.09. The Kier molecular flexibility index (Phi) is 7.55. The van der Waals surface area contributed by atoms with Crippen LogP contribution < -0.4 is 15.0 Å². The molecule has 1 amide bonds. The number of carbonyl (C=O) groups excluding carboxylic acids is 1. The van der Waals surface area contributed by atoms with E-state index in [1.54, 1.807) is 6.33 Å². The zero-order chi connectivity index (χ0) is 23.0. The number of hydrogen-bond donors (Lipinski definition) is 1. The van der Waals surface area contributed by atoms with Gasteiger partial charge in [-0.25, -0.2) is 9.97 Å². The van der Waals surface area contributed by atoms with Gasteiger partial charge in [-0.05, 0) is 43.9 Å². The maximum atomic E-state index is 12.7. The van der Waals surface area contributed by atoms with E-state index in [9.17, 15) is 4.79 Å². The minimum atomic E-state index is 0.0341. The van der Waals surface area contributed by atoms with Crippen LogP contribution in [-0.4, -0.2) is 35.6 Å². The Morgan fingerprint density at radius 2 is 1.79 bits per heavy atom. The summed E-state index contributed by atoms with van der Waals surface area (Å²) in [4.78, 5) is 23.9. The molecule has 1 N–H and O–H groups in total. The first-order chi connectivity index (χ1) is 16.1. The molecule has 0 atom stereocenters. The first kappa shape index (κ1) is 22.8. The molecule has 0 bridgehead atoms. The minimum Gasteiger partial charge on any atom is -0.494 e. The van der Waals surface area contributed by atoms with Gasteiger partial charge in [0.15, 0.2) is 0 Å². The second-order valence-electron chi connectivity index (χ2n) is 8.60. The van der Waals surface area contributed by atoms with E-state index in [1.807, 2.05) is 30.3 Å². The molecule has 1 fully saturated rings. The van der Waals surface area contributed by atoms with Crippen molar-refractivity contribution in [2.24, 2.45) is 5.92 Å². The molecule has 1 aromatic heterocycles. The Hall–Kier alpha value is -3.41. The fourth-order valence-corrected chi connectivity index (χ4v) is 4.03. The third-order valence-corrected chi connectivity index (χ3v) is 6.05. The number of hydrogen-bond acceptors (Lipinski definition) is 5. The molecule has 4 rings (SSSR count). The van der Waals surface area contributed by atoms with Crippen LogP contribution in [0.3, 0.4) is 0 Å². The van der Waals surface area contributed by atoms with Crippen LogP contribution in [0.5, 0.6) is 5.75 Å². The summed E-state index contributed by atoms with van der Waals surface area (Å²) in [6, 6.07) is 18.3. The number of nitrogens with zero attached hydrogens (tertiary/aromatic N) is 3. The number of benzene rings is 2. The highest BCUT2D eigenvalue weighted by atomic mass is 16.5. The lowest BCUT2D eigenvalue weighted by molar-refractivity contribution is -0.125. The van der Waals surface area contributed by atoms with E-state index in [1.165, 1.54) is 5.56 Å². The molecule has 0 saturated carbocycles. The van der Waals surface area contributed by atoms with Gasteiger partial charge < -0.3 is 15.0 Å². The highest BCUT2D eigenvalue weighted by Crippen LogP contribution is 2.25. The van der Waals surface area contributed by atoms with Gasteiger partial charge in [0.25, 0.3) is 0 Å². The lowest BCUT2D eigenvalue weighted by Gasteiger charge is -2.32. The summed E-state index contributed by atoms with van der Waals surface area (Å²) in [5.41, 5.74) is 4.31. The number of rotatable bonds is 8. The molecule has 3 aromatic rings. The fourth-order valence-electron chi connectivity index (χ4n) is 4.03. The molecular weight excluding hydrogens is 412 g/mol. The van der Waals surface area contributed by atoms with Crippen LogP contribution in [0, 0.1) is 12.8 Å². The number of aromatic nitrogens is 2. The van der Waals surface area contributed by atoms with Gasteiger partial charge in [0.2, 0.25) is 5.91 Å². The summed E-state index contributed by atoms with van der Waals surface area (Å²) in [5, 5.41) is 3.10. The van der Waals surface area contributed by atoms with Crippen LogP contribution in [-0.2, 0) is 11.3 Å². The zero-order valence-corrected chi connectivity index (χ0v) is 19.5. The van der Waals surface area contributed by atoms with Crippen molar-refractivity contribution in [1.82, 2.24) is 15.3 Å². The Morgan fingerprint density at radius 1 is 1.06 bits per heavy atom. The normalized spacial score (nSPS) is 14.2. The Labute approximate surface area is 196 Å². The zero-order valence-electron chi connectivity index (χ0n) is 19.5. The van der Waals surface area contributed by atoms with Gasteiger partial charge in [-0.1, -0.05) is 48.9 Å². The van der Waals surface area contributed by atoms with Crippen LogP contribution in [0.4, 0.5) is 5.82 Å². The first-order valence-corrected chi connectivity index (χ1v) is 11.8. The highest BCUT2D eigenvalue weighted by Gasteiger charge is 2.25. The summed E-state index contributed by atoms with van der Waals surface area (Å²) in [7, 11) is 0. The quantitative estimate of drug-likeness (QED) is 0.542. The van der Waals surface area contributed by atoms with E-state index >= 15 is 0 Å². The average molecular weight is 445 g/mol. The second kappa shape index (κ2) is 10.9. The predicted octanol–water partition coefficient (Wildman–Crippen LogP) is 4.77. The van der Waals surface area contributed by atoms with Crippen LogP contribution in [0.25, 0.3) is 11.3 Å². The largest absolute Gasteiger partial charge is 0.494 e. The van der Waals surface area contributed by atoms with Gasteiger partial charge in [-0.2, -0.15) is 0 Å². The monoisotopic (exact) mass is 444 g/mol. The van der Waals surface area contributed by atoms with E-state index < -0.39 is 0 Å². The van der Waals surface area contributed by atoms with Gasteiger partial charge >= 0.3 is 0 Å². The molecule has 1 saturated heterocycles. The molecule has 172 valence electrons. The summed E-state index contributed by atoms with van der Waals surface area (Å²) in [6.45, 7) is 7.05. The molecule has 0 unspecified atom stereocenters. The van der Waals surface area contributed by atoms with Gasteiger partial charge in [0.05, 0.1) is 12.3 Å². The molecule has 6 nitrogen and oxygen atoms in total. The molecule has 1 aliphatic heterocycles. The molecule has 1 aliphatic rings. The standard InChI is InChI=1S/C27H32N4O2/c1-3-16-33-24-10-6-21(7-11-24)18-28-27(32)23-12-14-31(15-13-23)26-17-25(29-19-30-26)22-8-4-20(2)5-9-22/h4-11,17,19,23H,3,12-16,18H2,1-2H3,(H,28,32). The lowest BCUT2D eigenvalue weighted by Crippen LogP contribution is -2.40. The molecule has 0 spiro atoms. The van der Waals surface area contributed by atoms with E-state index in [4.69, 9.17) is 4.74 Å². The summed E-state index contributed by atoms with van der Waals surface area (Å²) in [6.07, 6.45) is 4.25. The highest BCUT2D eigenvalue weighted by molar-refractivity contribution is 5.79. The Morgan fingerprint density at radius 3 is 2.48 bits per heavy atom. The van der Waals surface area contributed by atoms with E-state index in [2.05, 4.69) is 58.3 Å². The van der Waals surface area contributed by atoms with E-state index in [0.717, 1.165) is 67.3 Å². The van der Waals surface area contributed by atoms with Crippen LogP contribution in [0.1, 0.15) is 37.3 Å². The van der Waals surface area contributed by atoms with Crippen LogP contribution >= 0.6 is 0 Å². The molecule has 33 heavy (non-hydrogen) atoms. The van der Waals surface area contributed by atoms with E-state index in [-0.39, 0.29) is 11.8 Å². The van der Waals surface area contributed by atoms with Crippen molar-refractivity contribution in [3.63, 3.8) is 0 Å². The molecule has 0 aliphatic carbocycles. The molecular formula is C27H32N4O2. The molecule has 6 heteroatoms. The maximum absolute atomic E-state index is 12.7. The van der Waals surface area contributed by atoms with Crippen molar-refractivity contribution in [2.75, 3.05) is 24.6 Å². The number of ether oxygens (including phenoxy) is 1. The Bertz CT molecular complexity index is 1040. The van der Waals surface area contributed by atoms with Crippen molar-refractivity contribution in [3.8, 4) is 17.0 Å². The van der Waals surface area contributed by atoms with Crippen molar-refractivity contribution >= 4 is 11.7 Å². The molecule has 2 heterocycles. The van der Waals surface area contributed by atoms with Crippen molar-refractivity contribution in [1.29, 1.82) is 0 Å². The number of amides is 1. The van der Waals surface area contributed by atoms with E-state index in [0.29, 0.717) is 6.54 Å². The number of anilines is 1. The lowest BCUT2D eigenvalue weighted by atomic mass is 9.95. The minimum absolute atomic E-state index is 0.0341. The maximum Gasteiger partial charge on any atom is 0.223 e. The number of piperidine rings is 1. The number of aryl methyl sites for hydroxylation is 1. The number of carbonyl (C=O) groups is 1. The smallest absolute Gasteiger partial charge is 0.223 e. The number of nitrogens with one attached hydrogen (secondary N) is 1. The molecule has 2 aromatic carbocycles. The second-order valence-corrected chi connectivity index (χ2v) is 8.60. The van der Waals surface area contributed by atoms with Crippen LogP contribution in [0.15, 0.2) is 60.9 Å². The topological polar surface area (TPSA) is 67.3 Å². The molecule has 0 radical (unpaired) electrons. The predicted molar refractivity (Wildman–Crippen MR) is 131 cm³/mol. The van der Waals surface area contributed by atoms with Crippen molar-refractivity contribution in [3.05, 3.63) is 72.1 Å². The summed E-state index contributed by atoms with van der Waals surface area (Å²) >= 11 is 0. The van der Waals surface area contributed by atoms with Gasteiger partial charge in [0.1, 0.15) is 17.9 Å². The first-order valence-electron chi connectivity index (χ1n) is 11.8. The van der Waals surface area contributed by atoms with Crippen molar-refractivity contribution in [2.45, 2.75) is 39.7 Å². The van der Waals surface area contributed by atoms with Gasteiger partial charge in [-0.15, -0.1) is 0 Å². The van der Waals surface area contributed by atoms with Gasteiger partial charge in [-0.3, -0.25) is 4.79 Å². The summed E-state index contributed by atoms with van der Waals surface area (Å²) in [5.74, 6) is 1.95. The fraction of sp³-hybridized carbons (Fsp3) is 0.370. The van der Waals surface area contributed by atoms with Crippen LogP contribution in [0.2, 0.25) is 0 Å². The summed E-state index contributed by atoms with van der Waals surface area (Å²) < 4.78 is 5.61. The Balaban J connectivity index is 1.27. The average Bonchev–Trinajstić information content (AvgIpc) is 2.87. The van der Waals surface area contributed by atoms with Gasteiger partial charge in [0, 0.05) is 37.2 Å². The SMILES string of the molecule is CCCOc1ccc(CNC(=O)C2CCN(c3cc(-c4ccc(C)cc4)ncn3)CC2)cc1. The third-order valence-electron chi connectivity index (χ3n) is 6.05.